The van der Waals surface area contributed by atoms with Crippen molar-refractivity contribution in [2.24, 2.45) is 0 Å². The van der Waals surface area contributed by atoms with Gasteiger partial charge in [-0.05, 0) is 29.8 Å². The first kappa shape index (κ1) is 13.5. The highest BCUT2D eigenvalue weighted by Gasteiger charge is 2.01. The molecule has 6 heteroatoms. The van der Waals surface area contributed by atoms with Crippen molar-refractivity contribution in [1.82, 2.24) is 10.2 Å². The number of hydrogen-bond donors (Lipinski definition) is 1. The molecular formula is C13H12FN3OS. The van der Waals surface area contributed by atoms with Gasteiger partial charge in [-0.25, -0.2) is 4.39 Å². The highest BCUT2D eigenvalue weighted by molar-refractivity contribution is 7.98. The number of hydrogen-bond acceptors (Lipinski definition) is 4. The standard InChI is InChI=1S/C13H12FN3OS/c1-9(18)15-12-5-6-13(17-16-12)19-8-10-3-2-4-11(14)7-10/h2-7H,8H2,1H3,(H,15,16,18). The fourth-order valence-corrected chi connectivity index (χ4v) is 2.18. The fraction of sp³-hybridized carbons (Fsp3) is 0.154. The van der Waals surface area contributed by atoms with Crippen molar-refractivity contribution in [1.29, 1.82) is 0 Å². The lowest BCUT2D eigenvalue weighted by Crippen LogP contribution is -2.07. The zero-order valence-corrected chi connectivity index (χ0v) is 11.1. The quantitative estimate of drug-likeness (QED) is 0.873. The third kappa shape index (κ3) is 4.33. The Labute approximate surface area is 114 Å². The smallest absolute Gasteiger partial charge is 0.222 e. The van der Waals surface area contributed by atoms with Crippen LogP contribution in [0.1, 0.15) is 12.5 Å². The lowest BCUT2D eigenvalue weighted by Gasteiger charge is -2.03. The molecule has 2 rings (SSSR count). The van der Waals surface area contributed by atoms with Gasteiger partial charge in [-0.15, -0.1) is 10.2 Å². The first-order valence-electron chi connectivity index (χ1n) is 5.62. The van der Waals surface area contributed by atoms with Crippen LogP contribution in [-0.4, -0.2) is 16.1 Å². The maximum atomic E-state index is 13.0. The first-order valence-corrected chi connectivity index (χ1v) is 6.60. The Kier molecular flexibility index (Phi) is 4.46. The van der Waals surface area contributed by atoms with E-state index >= 15 is 0 Å². The van der Waals surface area contributed by atoms with E-state index in [2.05, 4.69) is 15.5 Å². The first-order chi connectivity index (χ1) is 9.13. The maximum absolute atomic E-state index is 13.0. The average molecular weight is 277 g/mol. The van der Waals surface area contributed by atoms with Gasteiger partial charge in [0.05, 0.1) is 0 Å². The number of anilines is 1. The van der Waals surface area contributed by atoms with Gasteiger partial charge in [-0.1, -0.05) is 23.9 Å². The van der Waals surface area contributed by atoms with Crippen LogP contribution in [0.2, 0.25) is 0 Å². The molecule has 19 heavy (non-hydrogen) atoms. The van der Waals surface area contributed by atoms with E-state index < -0.39 is 0 Å². The minimum atomic E-state index is -0.245. The summed E-state index contributed by atoms with van der Waals surface area (Å²) in [6, 6.07) is 9.89. The van der Waals surface area contributed by atoms with E-state index in [-0.39, 0.29) is 11.7 Å². The summed E-state index contributed by atoms with van der Waals surface area (Å²) in [5.74, 6) is 0.605. The van der Waals surface area contributed by atoms with Crippen LogP contribution in [0.4, 0.5) is 10.2 Å². The van der Waals surface area contributed by atoms with E-state index in [1.807, 2.05) is 6.07 Å². The lowest BCUT2D eigenvalue weighted by molar-refractivity contribution is -0.114. The lowest BCUT2D eigenvalue weighted by atomic mass is 10.2. The van der Waals surface area contributed by atoms with Crippen molar-refractivity contribution >= 4 is 23.5 Å². The monoisotopic (exact) mass is 277 g/mol. The van der Waals surface area contributed by atoms with Crippen LogP contribution in [0.5, 0.6) is 0 Å². The van der Waals surface area contributed by atoms with Gasteiger partial charge in [0.2, 0.25) is 5.91 Å². The molecule has 0 spiro atoms. The number of benzene rings is 1. The zero-order chi connectivity index (χ0) is 13.7. The molecule has 0 bridgehead atoms. The van der Waals surface area contributed by atoms with E-state index in [4.69, 9.17) is 0 Å². The number of halogens is 1. The predicted molar refractivity (Wildman–Crippen MR) is 72.3 cm³/mol. The predicted octanol–water partition coefficient (Wildman–Crippen LogP) is 2.87. The van der Waals surface area contributed by atoms with E-state index in [1.165, 1.54) is 30.8 Å². The van der Waals surface area contributed by atoms with Crippen LogP contribution in [0, 0.1) is 5.82 Å². The molecule has 0 saturated carbocycles. The summed E-state index contributed by atoms with van der Waals surface area (Å²) in [6.07, 6.45) is 0. The highest BCUT2D eigenvalue weighted by atomic mass is 32.2. The van der Waals surface area contributed by atoms with Crippen LogP contribution in [0.3, 0.4) is 0 Å². The van der Waals surface area contributed by atoms with E-state index in [0.29, 0.717) is 11.6 Å². The molecule has 1 heterocycles. The highest BCUT2D eigenvalue weighted by Crippen LogP contribution is 2.21. The summed E-state index contributed by atoms with van der Waals surface area (Å²) in [7, 11) is 0. The Hall–Kier alpha value is -1.95. The van der Waals surface area contributed by atoms with Crippen LogP contribution in [0.25, 0.3) is 0 Å². The molecule has 2 aromatic rings. The average Bonchev–Trinajstić information content (AvgIpc) is 2.37. The molecular weight excluding hydrogens is 265 g/mol. The van der Waals surface area contributed by atoms with Crippen LogP contribution >= 0.6 is 11.8 Å². The Morgan fingerprint density at radius 3 is 2.79 bits per heavy atom. The van der Waals surface area contributed by atoms with Crippen molar-refractivity contribution in [2.75, 3.05) is 5.32 Å². The topological polar surface area (TPSA) is 54.9 Å². The minimum absolute atomic E-state index is 0.186. The van der Waals surface area contributed by atoms with Crippen LogP contribution in [-0.2, 0) is 10.5 Å². The number of carbonyl (C=O) groups excluding carboxylic acids is 1. The Morgan fingerprint density at radius 1 is 1.32 bits per heavy atom. The zero-order valence-electron chi connectivity index (χ0n) is 10.3. The Balaban J connectivity index is 1.94. The second kappa shape index (κ2) is 6.29. The van der Waals surface area contributed by atoms with Crippen molar-refractivity contribution in [3.63, 3.8) is 0 Å². The molecule has 0 saturated heterocycles. The number of aromatic nitrogens is 2. The molecule has 0 unspecified atom stereocenters. The Morgan fingerprint density at radius 2 is 2.16 bits per heavy atom. The van der Waals surface area contributed by atoms with Crippen molar-refractivity contribution in [3.8, 4) is 0 Å². The largest absolute Gasteiger partial charge is 0.309 e. The molecule has 1 amide bonds. The molecule has 0 aliphatic rings. The third-order valence-electron chi connectivity index (χ3n) is 2.22. The van der Waals surface area contributed by atoms with E-state index in [9.17, 15) is 9.18 Å². The molecule has 0 atom stereocenters. The van der Waals surface area contributed by atoms with Gasteiger partial charge in [0.1, 0.15) is 10.8 Å². The molecule has 0 fully saturated rings. The van der Waals surface area contributed by atoms with Gasteiger partial charge < -0.3 is 5.32 Å². The van der Waals surface area contributed by atoms with Gasteiger partial charge in [0.25, 0.3) is 0 Å². The second-order valence-corrected chi connectivity index (χ2v) is 4.85. The van der Waals surface area contributed by atoms with Gasteiger partial charge in [-0.2, -0.15) is 0 Å². The summed E-state index contributed by atoms with van der Waals surface area (Å²) in [5, 5.41) is 11.1. The maximum Gasteiger partial charge on any atom is 0.222 e. The van der Waals surface area contributed by atoms with Gasteiger partial charge >= 0.3 is 0 Å². The minimum Gasteiger partial charge on any atom is -0.309 e. The Bertz CT molecular complexity index is 574. The SMILES string of the molecule is CC(=O)Nc1ccc(SCc2cccc(F)c2)nn1. The molecule has 0 aliphatic carbocycles. The second-order valence-electron chi connectivity index (χ2n) is 3.86. The molecule has 0 radical (unpaired) electrons. The van der Waals surface area contributed by atoms with Gasteiger partial charge in [0, 0.05) is 12.7 Å². The van der Waals surface area contributed by atoms with Gasteiger partial charge in [-0.3, -0.25) is 4.79 Å². The summed E-state index contributed by atoms with van der Waals surface area (Å²) < 4.78 is 13.0. The van der Waals surface area contributed by atoms with Gasteiger partial charge in [0.15, 0.2) is 5.82 Å². The number of amides is 1. The normalized spacial score (nSPS) is 10.2. The molecule has 4 nitrogen and oxygen atoms in total. The number of carbonyl (C=O) groups is 1. The van der Waals surface area contributed by atoms with Crippen molar-refractivity contribution < 1.29 is 9.18 Å². The summed E-state index contributed by atoms with van der Waals surface area (Å²) in [5.41, 5.74) is 0.887. The van der Waals surface area contributed by atoms with E-state index in [1.54, 1.807) is 18.2 Å². The molecule has 1 N–H and O–H groups in total. The summed E-state index contributed by atoms with van der Waals surface area (Å²) in [6.45, 7) is 1.41. The summed E-state index contributed by atoms with van der Waals surface area (Å²) in [4.78, 5) is 10.8. The molecule has 0 aliphatic heterocycles. The van der Waals surface area contributed by atoms with Crippen molar-refractivity contribution in [2.45, 2.75) is 17.7 Å². The summed E-state index contributed by atoms with van der Waals surface area (Å²) >= 11 is 1.46. The van der Waals surface area contributed by atoms with Crippen LogP contribution < -0.4 is 5.32 Å². The number of thioether (sulfide) groups is 1. The van der Waals surface area contributed by atoms with Crippen LogP contribution in [0.15, 0.2) is 41.4 Å². The third-order valence-corrected chi connectivity index (χ3v) is 3.21. The molecule has 1 aromatic heterocycles. The number of nitrogens with one attached hydrogen (secondary N) is 1. The van der Waals surface area contributed by atoms with E-state index in [0.717, 1.165) is 10.6 Å². The van der Waals surface area contributed by atoms with Crippen molar-refractivity contribution in [3.05, 3.63) is 47.8 Å². The molecule has 98 valence electrons. The number of nitrogens with zero attached hydrogens (tertiary/aromatic N) is 2. The fourth-order valence-electron chi connectivity index (χ4n) is 1.43. The number of rotatable bonds is 4. The molecule has 1 aromatic carbocycles.